The summed E-state index contributed by atoms with van der Waals surface area (Å²) in [6, 6.07) is 25.6. The van der Waals surface area contributed by atoms with Gasteiger partial charge in [0.2, 0.25) is 0 Å². The van der Waals surface area contributed by atoms with Crippen LogP contribution >= 0.6 is 15.9 Å². The van der Waals surface area contributed by atoms with Crippen molar-refractivity contribution in [3.8, 4) is 0 Å². The summed E-state index contributed by atoms with van der Waals surface area (Å²) in [5.41, 5.74) is 13.2. The molecule has 0 amide bonds. The zero-order valence-electron chi connectivity index (χ0n) is 18.3. The van der Waals surface area contributed by atoms with Crippen LogP contribution in [0.2, 0.25) is 0 Å². The topological polar surface area (TPSA) is 0 Å². The van der Waals surface area contributed by atoms with Gasteiger partial charge in [0.15, 0.2) is 0 Å². The van der Waals surface area contributed by atoms with E-state index in [-0.39, 0.29) is 5.41 Å². The summed E-state index contributed by atoms with van der Waals surface area (Å²) in [7, 11) is 0. The van der Waals surface area contributed by atoms with Crippen molar-refractivity contribution in [2.45, 2.75) is 30.1 Å². The summed E-state index contributed by atoms with van der Waals surface area (Å²) in [6.45, 7) is 0. The van der Waals surface area contributed by atoms with Crippen molar-refractivity contribution >= 4 is 21.5 Å². The number of hydrogen-bond acceptors (Lipinski definition) is 0. The second-order valence-electron chi connectivity index (χ2n) is 10.1. The Balaban J connectivity index is 1.57. The molecule has 1 heteroatoms. The maximum atomic E-state index is 3.97. The largest absolute Gasteiger partial charge is 0.0767 e. The van der Waals surface area contributed by atoms with E-state index in [1.54, 1.807) is 16.7 Å². The van der Waals surface area contributed by atoms with Crippen molar-refractivity contribution in [1.82, 2.24) is 0 Å². The van der Waals surface area contributed by atoms with E-state index in [4.69, 9.17) is 0 Å². The molecule has 3 unspecified atom stereocenters. The van der Waals surface area contributed by atoms with Crippen LogP contribution in [0.15, 0.2) is 113 Å². The Bertz CT molecular complexity index is 1440. The number of benzene rings is 3. The maximum Gasteiger partial charge on any atom is 0.0682 e. The van der Waals surface area contributed by atoms with Crippen molar-refractivity contribution in [3.05, 3.63) is 146 Å². The second-order valence-corrected chi connectivity index (χ2v) is 11.0. The number of hydrogen-bond donors (Lipinski definition) is 0. The lowest BCUT2D eigenvalue weighted by molar-refractivity contribution is 0.635. The van der Waals surface area contributed by atoms with Crippen LogP contribution in [0, 0.1) is 5.92 Å². The van der Waals surface area contributed by atoms with Crippen molar-refractivity contribution < 1.29 is 0 Å². The molecule has 5 aliphatic carbocycles. The Morgan fingerprint density at radius 3 is 2.21 bits per heavy atom. The highest BCUT2D eigenvalue weighted by Crippen LogP contribution is 2.68. The van der Waals surface area contributed by atoms with Gasteiger partial charge >= 0.3 is 0 Å². The SMILES string of the molecule is Brc1cccc2c1C1=C(CC3C=CC=CC3=C1)C21c2ccccc2C2CC2c2ccccc21. The third kappa shape index (κ3) is 2.22. The van der Waals surface area contributed by atoms with Crippen LogP contribution in [0.3, 0.4) is 0 Å². The lowest BCUT2D eigenvalue weighted by atomic mass is 9.62. The fourth-order valence-corrected chi connectivity index (χ4v) is 7.92. The van der Waals surface area contributed by atoms with Crippen molar-refractivity contribution in [2.24, 2.45) is 5.92 Å². The van der Waals surface area contributed by atoms with Gasteiger partial charge in [0.25, 0.3) is 0 Å². The highest BCUT2D eigenvalue weighted by Gasteiger charge is 2.56. The molecule has 0 aliphatic heterocycles. The Labute approximate surface area is 203 Å². The molecule has 0 bridgehead atoms. The predicted octanol–water partition coefficient (Wildman–Crippen LogP) is 8.21. The van der Waals surface area contributed by atoms with Gasteiger partial charge in [0.1, 0.15) is 0 Å². The molecular formula is C32H23Br. The van der Waals surface area contributed by atoms with Crippen molar-refractivity contribution in [3.63, 3.8) is 0 Å². The molecule has 0 saturated heterocycles. The Morgan fingerprint density at radius 2 is 1.45 bits per heavy atom. The summed E-state index contributed by atoms with van der Waals surface area (Å²) >= 11 is 3.97. The zero-order chi connectivity index (χ0) is 21.7. The summed E-state index contributed by atoms with van der Waals surface area (Å²) in [5, 5.41) is 0. The van der Waals surface area contributed by atoms with E-state index in [9.17, 15) is 0 Å². The monoisotopic (exact) mass is 486 g/mol. The van der Waals surface area contributed by atoms with E-state index < -0.39 is 0 Å². The van der Waals surface area contributed by atoms with Crippen LogP contribution in [-0.2, 0) is 5.41 Å². The Kier molecular flexibility index (Phi) is 3.57. The average Bonchev–Trinajstić information content (AvgIpc) is 3.61. The zero-order valence-corrected chi connectivity index (χ0v) is 19.8. The molecule has 1 fully saturated rings. The fourth-order valence-electron chi connectivity index (χ4n) is 7.34. The van der Waals surface area contributed by atoms with Gasteiger partial charge in [0.05, 0.1) is 5.41 Å². The minimum atomic E-state index is -0.216. The van der Waals surface area contributed by atoms with Crippen LogP contribution in [0.5, 0.6) is 0 Å². The third-order valence-electron chi connectivity index (χ3n) is 8.69. The predicted molar refractivity (Wildman–Crippen MR) is 138 cm³/mol. The quantitative estimate of drug-likeness (QED) is 0.300. The minimum Gasteiger partial charge on any atom is -0.0767 e. The van der Waals surface area contributed by atoms with E-state index in [0.29, 0.717) is 17.8 Å². The van der Waals surface area contributed by atoms with Gasteiger partial charge in [-0.25, -0.2) is 0 Å². The molecule has 0 N–H and O–H groups in total. The standard InChI is InChI=1S/C32H23Br/c33-30-15-7-14-28-31(30)25-16-19-8-1-2-9-20(19)17-29(25)32(28)26-12-5-3-10-21(26)23-18-24(23)22-11-4-6-13-27(22)32/h1-16,20,23-24H,17-18H2. The van der Waals surface area contributed by atoms with E-state index in [1.807, 2.05) is 0 Å². The highest BCUT2D eigenvalue weighted by atomic mass is 79.9. The summed E-state index contributed by atoms with van der Waals surface area (Å²) < 4.78 is 1.21. The van der Waals surface area contributed by atoms with E-state index >= 15 is 0 Å². The van der Waals surface area contributed by atoms with E-state index in [1.165, 1.54) is 44.3 Å². The maximum absolute atomic E-state index is 3.97. The van der Waals surface area contributed by atoms with Crippen molar-refractivity contribution in [2.75, 3.05) is 0 Å². The number of fused-ring (bicyclic) bond motifs is 12. The van der Waals surface area contributed by atoms with Crippen LogP contribution in [0.1, 0.15) is 58.1 Å². The molecule has 0 radical (unpaired) electrons. The first-order valence-electron chi connectivity index (χ1n) is 12.1. The summed E-state index contributed by atoms with van der Waals surface area (Å²) in [5.74, 6) is 1.75. The average molecular weight is 487 g/mol. The third-order valence-corrected chi connectivity index (χ3v) is 9.35. The molecule has 3 aromatic carbocycles. The van der Waals surface area contributed by atoms with Crippen molar-refractivity contribution in [1.29, 1.82) is 0 Å². The van der Waals surface area contributed by atoms with Gasteiger partial charge in [-0.3, -0.25) is 0 Å². The van der Waals surface area contributed by atoms with Gasteiger partial charge in [-0.2, -0.15) is 0 Å². The Morgan fingerprint density at radius 1 is 0.758 bits per heavy atom. The second kappa shape index (κ2) is 6.36. The molecule has 1 saturated carbocycles. The molecule has 1 spiro atoms. The molecule has 0 nitrogen and oxygen atoms in total. The van der Waals surface area contributed by atoms with Crippen LogP contribution in [0.25, 0.3) is 5.57 Å². The molecule has 33 heavy (non-hydrogen) atoms. The number of rotatable bonds is 0. The van der Waals surface area contributed by atoms with E-state index in [0.717, 1.165) is 6.42 Å². The van der Waals surface area contributed by atoms with Crippen LogP contribution < -0.4 is 0 Å². The fraction of sp³-hybridized carbons (Fsp3) is 0.188. The van der Waals surface area contributed by atoms with Crippen LogP contribution in [-0.4, -0.2) is 0 Å². The first-order valence-corrected chi connectivity index (χ1v) is 12.9. The minimum absolute atomic E-state index is 0.216. The normalized spacial score (nSPS) is 29.4. The van der Waals surface area contributed by atoms with Crippen LogP contribution in [0.4, 0.5) is 0 Å². The summed E-state index contributed by atoms with van der Waals surface area (Å²) in [4.78, 5) is 0. The molecule has 3 atom stereocenters. The smallest absolute Gasteiger partial charge is 0.0682 e. The molecule has 5 aliphatic rings. The highest BCUT2D eigenvalue weighted by molar-refractivity contribution is 9.10. The molecule has 0 aromatic heterocycles. The van der Waals surface area contributed by atoms with Gasteiger partial charge < -0.3 is 0 Å². The number of halogens is 1. The summed E-state index contributed by atoms with van der Waals surface area (Å²) in [6.07, 6.45) is 13.9. The molecule has 3 aromatic rings. The van der Waals surface area contributed by atoms with E-state index in [2.05, 4.69) is 113 Å². The lowest BCUT2D eigenvalue weighted by Crippen LogP contribution is -2.33. The first kappa shape index (κ1) is 18.5. The molecular weight excluding hydrogens is 464 g/mol. The molecule has 8 rings (SSSR count). The first-order chi connectivity index (χ1) is 16.3. The molecule has 0 heterocycles. The van der Waals surface area contributed by atoms with Gasteiger partial charge in [0, 0.05) is 16.0 Å². The number of allylic oxidation sites excluding steroid dienone is 8. The lowest BCUT2D eigenvalue weighted by Gasteiger charge is -2.39. The Hall–Kier alpha value is -2.90. The van der Waals surface area contributed by atoms with Gasteiger partial charge in [-0.05, 0) is 75.3 Å². The molecule has 158 valence electrons. The van der Waals surface area contributed by atoms with Gasteiger partial charge in [-0.1, -0.05) is 107 Å². The van der Waals surface area contributed by atoms with Gasteiger partial charge in [-0.15, -0.1) is 0 Å².